The highest BCUT2D eigenvalue weighted by molar-refractivity contribution is 6.70. The molecule has 0 bridgehead atoms. The first-order valence-corrected chi connectivity index (χ1v) is 30.6. The molecule has 0 radical (unpaired) electrons. The maximum absolute atomic E-state index is 13.6. The van der Waals surface area contributed by atoms with Crippen LogP contribution in [0.15, 0.2) is 133 Å². The number of aromatic nitrogens is 2. The average Bonchev–Trinajstić information content (AvgIpc) is 4.22. The van der Waals surface area contributed by atoms with Crippen molar-refractivity contribution in [3.8, 4) is 22.3 Å². The van der Waals surface area contributed by atoms with Gasteiger partial charge in [-0.05, 0) is 138 Å². The van der Waals surface area contributed by atoms with E-state index in [0.29, 0.717) is 17.6 Å². The number of aliphatic hydroxyl groups excluding tert-OH is 1. The van der Waals surface area contributed by atoms with Crippen molar-refractivity contribution in [3.63, 3.8) is 0 Å². The average molecular weight is 995 g/mol. The van der Waals surface area contributed by atoms with E-state index in [4.69, 9.17) is 18.8 Å². The summed E-state index contributed by atoms with van der Waals surface area (Å²) in [5.41, 5.74) is 9.39. The molecule has 0 unspecified atom stereocenters. The zero-order chi connectivity index (χ0) is 50.8. The summed E-state index contributed by atoms with van der Waals surface area (Å²) in [5, 5.41) is 12.3. The highest BCUT2D eigenvalue weighted by atomic mass is 28.4. The number of ketones is 2. The fraction of sp³-hybridized carbons (Fsp3) is 0.305. The van der Waals surface area contributed by atoms with Gasteiger partial charge in [-0.25, -0.2) is 8.78 Å². The SMILES string of the molecule is C.C=C(/C=C(/C)O[Si](C)(C)C)O[Si](C)(C)C.CC(=O)CC(=O)C[C@H](O)/C=C/c1c(C2CC2)nc2ccccc2c1-c1ccc(F)cc1.O=C/C=C/c1c(C2CC2)nc2ccccc2c1-c1ccc(F)cc1. The summed E-state index contributed by atoms with van der Waals surface area (Å²) in [6.07, 6.45) is 12.5. The van der Waals surface area contributed by atoms with E-state index in [1.807, 2.05) is 73.7 Å². The number of pyridine rings is 2. The summed E-state index contributed by atoms with van der Waals surface area (Å²) in [7, 11) is -3.03. The van der Waals surface area contributed by atoms with Crippen molar-refractivity contribution < 1.29 is 37.1 Å². The summed E-state index contributed by atoms with van der Waals surface area (Å²) < 4.78 is 38.5. The molecule has 2 saturated carbocycles. The zero-order valence-electron chi connectivity index (χ0n) is 41.5. The Bertz CT molecular complexity index is 2940. The monoisotopic (exact) mass is 994 g/mol. The Kier molecular flexibility index (Phi) is 19.2. The highest BCUT2D eigenvalue weighted by Gasteiger charge is 2.31. The van der Waals surface area contributed by atoms with Crippen molar-refractivity contribution in [1.29, 1.82) is 0 Å². The van der Waals surface area contributed by atoms with E-state index >= 15 is 0 Å². The van der Waals surface area contributed by atoms with Crippen LogP contribution in [0.2, 0.25) is 39.3 Å². The fourth-order valence-corrected chi connectivity index (χ4v) is 10.0. The lowest BCUT2D eigenvalue weighted by atomic mass is 9.92. The number of carbonyl (C=O) groups is 3. The second-order valence-corrected chi connectivity index (χ2v) is 28.7. The van der Waals surface area contributed by atoms with Gasteiger partial charge in [0.15, 0.2) is 0 Å². The predicted octanol–water partition coefficient (Wildman–Crippen LogP) is 15.1. The van der Waals surface area contributed by atoms with Crippen molar-refractivity contribution in [2.45, 2.75) is 117 Å². The first kappa shape index (κ1) is 55.5. The molecule has 12 heteroatoms. The van der Waals surface area contributed by atoms with Crippen LogP contribution in [-0.4, -0.2) is 55.7 Å². The number of benzene rings is 4. The van der Waals surface area contributed by atoms with Crippen LogP contribution in [0.4, 0.5) is 8.78 Å². The Balaban J connectivity index is 0.000000209. The number of Topliss-reactive ketones (excluding diaryl/α,β-unsaturated/α-hetero) is 2. The number of nitrogens with zero attached hydrogens (tertiary/aromatic N) is 2. The van der Waals surface area contributed by atoms with Crippen molar-refractivity contribution in [2.24, 2.45) is 0 Å². The van der Waals surface area contributed by atoms with Crippen LogP contribution in [0.5, 0.6) is 0 Å². The molecule has 6 aromatic rings. The summed E-state index contributed by atoms with van der Waals surface area (Å²) in [5.74, 6) is 1.34. The Hall–Kier alpha value is -6.48. The van der Waals surface area contributed by atoms with Gasteiger partial charge in [0.1, 0.15) is 29.5 Å². The van der Waals surface area contributed by atoms with E-state index in [1.165, 1.54) is 37.3 Å². The maximum Gasteiger partial charge on any atom is 0.242 e. The van der Waals surface area contributed by atoms with Gasteiger partial charge in [-0.15, -0.1) is 0 Å². The first-order valence-electron chi connectivity index (χ1n) is 23.8. The summed E-state index contributed by atoms with van der Waals surface area (Å²) in [6, 6.07) is 28.7. The van der Waals surface area contributed by atoms with E-state index in [0.717, 1.165) is 104 Å². The van der Waals surface area contributed by atoms with E-state index in [1.54, 1.807) is 30.3 Å². The fourth-order valence-electron chi connectivity index (χ4n) is 8.18. The molecule has 4 aromatic carbocycles. The van der Waals surface area contributed by atoms with Gasteiger partial charge < -0.3 is 14.0 Å². The van der Waals surface area contributed by atoms with E-state index in [2.05, 4.69) is 45.9 Å². The molecule has 1 atom stereocenters. The van der Waals surface area contributed by atoms with Crippen LogP contribution in [0.1, 0.15) is 94.1 Å². The number of hydrogen-bond acceptors (Lipinski definition) is 8. The number of hydrogen-bond donors (Lipinski definition) is 1. The zero-order valence-corrected chi connectivity index (χ0v) is 43.5. The molecule has 0 saturated heterocycles. The molecular formula is C59H68F2N2O6Si2. The molecule has 8 nitrogen and oxygen atoms in total. The van der Waals surface area contributed by atoms with Crippen LogP contribution in [0.25, 0.3) is 56.2 Å². The van der Waals surface area contributed by atoms with Crippen molar-refractivity contribution in [2.75, 3.05) is 0 Å². The third-order valence-electron chi connectivity index (χ3n) is 11.1. The molecular weight excluding hydrogens is 927 g/mol. The second kappa shape index (κ2) is 24.6. The second-order valence-electron chi connectivity index (χ2n) is 19.9. The van der Waals surface area contributed by atoms with Crippen LogP contribution < -0.4 is 0 Å². The minimum absolute atomic E-state index is 0. The predicted molar refractivity (Wildman–Crippen MR) is 292 cm³/mol. The number of fused-ring (bicyclic) bond motifs is 2. The topological polar surface area (TPSA) is 116 Å². The van der Waals surface area contributed by atoms with Crippen molar-refractivity contribution in [3.05, 3.63) is 168 Å². The molecule has 2 aliphatic carbocycles. The molecule has 2 aliphatic rings. The molecule has 2 fully saturated rings. The van der Waals surface area contributed by atoms with Crippen molar-refractivity contribution >= 4 is 68.4 Å². The molecule has 1 N–H and O–H groups in total. The number of para-hydroxylation sites is 2. The van der Waals surface area contributed by atoms with Crippen LogP contribution in [0.3, 0.4) is 0 Å². The number of carbonyl (C=O) groups excluding carboxylic acids is 3. The van der Waals surface area contributed by atoms with E-state index in [-0.39, 0.29) is 43.5 Å². The molecule has 2 heterocycles. The maximum atomic E-state index is 13.6. The quantitative estimate of drug-likeness (QED) is 0.0240. The summed E-state index contributed by atoms with van der Waals surface area (Å²) in [4.78, 5) is 43.7. The summed E-state index contributed by atoms with van der Waals surface area (Å²) >= 11 is 0. The lowest BCUT2D eigenvalue weighted by Crippen LogP contribution is -2.25. The highest BCUT2D eigenvalue weighted by Crippen LogP contribution is 2.47. The largest absolute Gasteiger partial charge is 0.547 e. The first-order chi connectivity index (χ1) is 33.2. The van der Waals surface area contributed by atoms with Gasteiger partial charge in [0, 0.05) is 57.4 Å². The van der Waals surface area contributed by atoms with Gasteiger partial charge in [0.25, 0.3) is 0 Å². The molecule has 8 rings (SSSR count). The van der Waals surface area contributed by atoms with E-state index < -0.39 is 22.7 Å². The molecule has 2 aromatic heterocycles. The van der Waals surface area contributed by atoms with Gasteiger partial charge in [-0.3, -0.25) is 24.4 Å². The molecule has 0 aliphatic heterocycles. The minimum Gasteiger partial charge on any atom is -0.547 e. The number of allylic oxidation sites excluding steroid dienone is 3. The van der Waals surface area contributed by atoms with Gasteiger partial charge in [-0.1, -0.05) is 86.8 Å². The van der Waals surface area contributed by atoms with Gasteiger partial charge in [0.05, 0.1) is 46.5 Å². The van der Waals surface area contributed by atoms with Gasteiger partial charge >= 0.3 is 0 Å². The standard InChI is InChI=1S/C26H24FNO3.C21H16FNO.C11H24O2Si2.CH4/c1-16(29)14-21(31)15-20(30)12-13-23-25(17-8-10-19(27)11-9-17)22-4-2-3-5-24(22)28-26(23)18-6-7-18;22-16-11-9-14(10-12-16)20-17-4-1-2-6-19(17)23-21(15-7-8-15)18(20)5-3-13-24;1-10(12-14(3,4)5)9-11(2)13-15(6,7)8;/h2-5,8-13,18,20,30H,6-7,14-15H2,1H3;1-6,9-13,15H,7-8H2;9H,1H2,2-8H3;1H4/b13-12+;5-3+;11-9-;/t20-;;;/m1.../s1. The third-order valence-corrected chi connectivity index (χ3v) is 12.9. The van der Waals surface area contributed by atoms with Gasteiger partial charge in [0.2, 0.25) is 16.6 Å². The summed E-state index contributed by atoms with van der Waals surface area (Å²) in [6.45, 7) is 20.1. The number of halogens is 2. The lowest BCUT2D eigenvalue weighted by molar-refractivity contribution is -0.126. The van der Waals surface area contributed by atoms with Crippen LogP contribution >= 0.6 is 0 Å². The number of aldehydes is 1. The number of aliphatic hydroxyl groups is 1. The molecule has 0 amide bonds. The molecule has 0 spiro atoms. The Morgan fingerprint density at radius 1 is 0.704 bits per heavy atom. The van der Waals surface area contributed by atoms with Crippen LogP contribution in [-0.2, 0) is 23.2 Å². The Morgan fingerprint density at radius 2 is 1.14 bits per heavy atom. The lowest BCUT2D eigenvalue weighted by Gasteiger charge is -2.22. The Morgan fingerprint density at radius 3 is 1.55 bits per heavy atom. The van der Waals surface area contributed by atoms with E-state index in [9.17, 15) is 28.3 Å². The smallest absolute Gasteiger partial charge is 0.242 e. The van der Waals surface area contributed by atoms with Crippen LogP contribution in [0, 0.1) is 11.6 Å². The minimum atomic E-state index is -1.53. The third kappa shape index (κ3) is 16.6. The van der Waals surface area contributed by atoms with Gasteiger partial charge in [-0.2, -0.15) is 0 Å². The molecule has 71 heavy (non-hydrogen) atoms. The Labute approximate surface area is 420 Å². The number of rotatable bonds is 17. The molecule has 372 valence electrons. The normalized spacial score (nSPS) is 14.2. The van der Waals surface area contributed by atoms with Crippen molar-refractivity contribution in [1.82, 2.24) is 9.97 Å².